The van der Waals surface area contributed by atoms with Crippen LogP contribution in [0.1, 0.15) is 18.1 Å². The Morgan fingerprint density at radius 2 is 1.64 bits per heavy atom. The van der Waals surface area contributed by atoms with Crippen LogP contribution in [-0.2, 0) is 4.79 Å². The van der Waals surface area contributed by atoms with Crippen molar-refractivity contribution in [2.75, 3.05) is 20.3 Å². The van der Waals surface area contributed by atoms with Crippen molar-refractivity contribution >= 4 is 5.91 Å². The van der Waals surface area contributed by atoms with E-state index >= 15 is 0 Å². The summed E-state index contributed by atoms with van der Waals surface area (Å²) in [6, 6.07) is 13.1. The Bertz CT molecular complexity index is 697. The number of rotatable bonds is 8. The molecular formula is C20H25NO4. The summed E-state index contributed by atoms with van der Waals surface area (Å²) in [5.74, 6) is 1.99. The van der Waals surface area contributed by atoms with E-state index in [1.54, 1.807) is 38.3 Å². The maximum atomic E-state index is 12.1. The molecule has 0 aliphatic carbocycles. The molecule has 1 unspecified atom stereocenters. The number of amides is 1. The average molecular weight is 343 g/mol. The maximum absolute atomic E-state index is 12.1. The van der Waals surface area contributed by atoms with Crippen molar-refractivity contribution in [2.45, 2.75) is 26.9 Å². The molecular weight excluding hydrogens is 318 g/mol. The second-order valence-electron chi connectivity index (χ2n) is 5.82. The van der Waals surface area contributed by atoms with E-state index in [-0.39, 0.29) is 5.91 Å². The van der Waals surface area contributed by atoms with Gasteiger partial charge >= 0.3 is 0 Å². The van der Waals surface area contributed by atoms with Gasteiger partial charge < -0.3 is 19.5 Å². The first-order chi connectivity index (χ1) is 12.0. The van der Waals surface area contributed by atoms with Gasteiger partial charge in [0.15, 0.2) is 6.10 Å². The summed E-state index contributed by atoms with van der Waals surface area (Å²) < 4.78 is 16.3. The van der Waals surface area contributed by atoms with Gasteiger partial charge in [-0.05, 0) is 68.3 Å². The molecule has 0 aliphatic heterocycles. The lowest BCUT2D eigenvalue weighted by Gasteiger charge is -2.15. The lowest BCUT2D eigenvalue weighted by molar-refractivity contribution is -0.127. The molecule has 0 bridgehead atoms. The number of carbonyl (C=O) groups is 1. The molecule has 2 aromatic rings. The van der Waals surface area contributed by atoms with Crippen LogP contribution >= 0.6 is 0 Å². The maximum Gasteiger partial charge on any atom is 0.260 e. The molecule has 25 heavy (non-hydrogen) atoms. The highest BCUT2D eigenvalue weighted by molar-refractivity contribution is 5.80. The van der Waals surface area contributed by atoms with Crippen LogP contribution in [0.3, 0.4) is 0 Å². The van der Waals surface area contributed by atoms with Crippen LogP contribution in [-0.4, -0.2) is 32.3 Å². The second kappa shape index (κ2) is 8.97. The lowest BCUT2D eigenvalue weighted by Crippen LogP contribution is -2.38. The number of nitrogens with one attached hydrogen (secondary N) is 1. The highest BCUT2D eigenvalue weighted by atomic mass is 16.5. The van der Waals surface area contributed by atoms with Gasteiger partial charge in [-0.15, -0.1) is 0 Å². The Labute approximate surface area is 148 Å². The number of hydrogen-bond donors (Lipinski definition) is 1. The number of methoxy groups -OCH3 is 1. The molecule has 5 nitrogen and oxygen atoms in total. The van der Waals surface area contributed by atoms with Crippen molar-refractivity contribution in [2.24, 2.45) is 0 Å². The lowest BCUT2D eigenvalue weighted by atomic mass is 10.1. The predicted octanol–water partition coefficient (Wildman–Crippen LogP) is 3.27. The Morgan fingerprint density at radius 1 is 1.00 bits per heavy atom. The minimum atomic E-state index is -0.588. The highest BCUT2D eigenvalue weighted by Crippen LogP contribution is 2.18. The summed E-state index contributed by atoms with van der Waals surface area (Å²) in [6.45, 7) is 6.64. The van der Waals surface area contributed by atoms with Gasteiger partial charge in [0.05, 0.1) is 13.7 Å². The van der Waals surface area contributed by atoms with E-state index in [1.165, 1.54) is 11.1 Å². The van der Waals surface area contributed by atoms with E-state index < -0.39 is 6.10 Å². The van der Waals surface area contributed by atoms with Crippen LogP contribution in [0, 0.1) is 13.8 Å². The smallest absolute Gasteiger partial charge is 0.260 e. The van der Waals surface area contributed by atoms with E-state index in [2.05, 4.69) is 12.2 Å². The van der Waals surface area contributed by atoms with Gasteiger partial charge in [0.2, 0.25) is 0 Å². The molecule has 5 heteroatoms. The van der Waals surface area contributed by atoms with Gasteiger partial charge in [-0.2, -0.15) is 0 Å². The minimum Gasteiger partial charge on any atom is -0.497 e. The van der Waals surface area contributed by atoms with Crippen molar-refractivity contribution in [1.82, 2.24) is 5.32 Å². The first-order valence-corrected chi connectivity index (χ1v) is 8.28. The van der Waals surface area contributed by atoms with Crippen LogP contribution in [0.2, 0.25) is 0 Å². The molecule has 1 amide bonds. The molecule has 0 spiro atoms. The summed E-state index contributed by atoms with van der Waals surface area (Å²) in [5, 5.41) is 2.81. The molecule has 2 rings (SSSR count). The third-order valence-corrected chi connectivity index (χ3v) is 3.89. The van der Waals surface area contributed by atoms with Crippen molar-refractivity contribution < 1.29 is 19.0 Å². The van der Waals surface area contributed by atoms with E-state index in [9.17, 15) is 4.79 Å². The molecule has 1 atom stereocenters. The van der Waals surface area contributed by atoms with Crippen molar-refractivity contribution in [3.05, 3.63) is 53.6 Å². The number of aryl methyl sites for hydroxylation is 2. The van der Waals surface area contributed by atoms with Gasteiger partial charge in [-0.3, -0.25) is 4.79 Å². The first-order valence-electron chi connectivity index (χ1n) is 8.28. The highest BCUT2D eigenvalue weighted by Gasteiger charge is 2.14. The Balaban J connectivity index is 1.72. The number of hydrogen-bond acceptors (Lipinski definition) is 4. The second-order valence-corrected chi connectivity index (χ2v) is 5.82. The molecule has 134 valence electrons. The number of carbonyl (C=O) groups excluding carboxylic acids is 1. The quantitative estimate of drug-likeness (QED) is 0.748. The Kier molecular flexibility index (Phi) is 6.69. The van der Waals surface area contributed by atoms with Gasteiger partial charge in [-0.25, -0.2) is 0 Å². The van der Waals surface area contributed by atoms with Crippen LogP contribution in [0.25, 0.3) is 0 Å². The van der Waals surface area contributed by atoms with Gasteiger partial charge in [-0.1, -0.05) is 6.07 Å². The van der Waals surface area contributed by atoms with E-state index in [0.29, 0.717) is 18.9 Å². The fourth-order valence-corrected chi connectivity index (χ4v) is 2.20. The van der Waals surface area contributed by atoms with E-state index in [1.807, 2.05) is 25.1 Å². The molecule has 0 saturated heterocycles. The topological polar surface area (TPSA) is 56.8 Å². The molecule has 0 heterocycles. The van der Waals surface area contributed by atoms with Gasteiger partial charge in [0.1, 0.15) is 23.9 Å². The third-order valence-electron chi connectivity index (χ3n) is 3.89. The molecule has 1 N–H and O–H groups in total. The van der Waals surface area contributed by atoms with E-state index in [0.717, 1.165) is 11.5 Å². The van der Waals surface area contributed by atoms with Crippen molar-refractivity contribution in [3.63, 3.8) is 0 Å². The molecule has 0 aromatic heterocycles. The fraction of sp³-hybridized carbons (Fsp3) is 0.350. The van der Waals surface area contributed by atoms with Crippen LogP contribution < -0.4 is 19.5 Å². The number of ether oxygens (including phenoxy) is 3. The summed E-state index contributed by atoms with van der Waals surface area (Å²) in [6.07, 6.45) is -0.588. The average Bonchev–Trinajstić information content (AvgIpc) is 2.62. The predicted molar refractivity (Wildman–Crippen MR) is 97.5 cm³/mol. The van der Waals surface area contributed by atoms with E-state index in [4.69, 9.17) is 14.2 Å². The largest absolute Gasteiger partial charge is 0.497 e. The Hall–Kier alpha value is -2.69. The zero-order chi connectivity index (χ0) is 18.2. The summed E-state index contributed by atoms with van der Waals surface area (Å²) in [5.41, 5.74) is 2.41. The SMILES string of the molecule is COc1ccc(OC(C)C(=O)NCCOc2ccc(C)c(C)c2)cc1. The molecule has 2 aromatic carbocycles. The first kappa shape index (κ1) is 18.6. The number of benzene rings is 2. The standard InChI is InChI=1S/C20H25NO4/c1-14-5-6-19(13-15(14)2)24-12-11-21-20(22)16(3)25-18-9-7-17(23-4)8-10-18/h5-10,13,16H,11-12H2,1-4H3,(H,21,22). The van der Waals surface area contributed by atoms with Crippen molar-refractivity contribution in [3.8, 4) is 17.2 Å². The monoisotopic (exact) mass is 343 g/mol. The molecule has 0 fully saturated rings. The zero-order valence-electron chi connectivity index (χ0n) is 15.2. The fourth-order valence-electron chi connectivity index (χ4n) is 2.20. The minimum absolute atomic E-state index is 0.181. The normalized spacial score (nSPS) is 11.5. The molecule has 0 aliphatic rings. The van der Waals surface area contributed by atoms with Crippen LogP contribution in [0.4, 0.5) is 0 Å². The zero-order valence-corrected chi connectivity index (χ0v) is 15.2. The van der Waals surface area contributed by atoms with Gasteiger partial charge in [0.25, 0.3) is 5.91 Å². The summed E-state index contributed by atoms with van der Waals surface area (Å²) >= 11 is 0. The van der Waals surface area contributed by atoms with Gasteiger partial charge in [0, 0.05) is 0 Å². The summed E-state index contributed by atoms with van der Waals surface area (Å²) in [4.78, 5) is 12.1. The van der Waals surface area contributed by atoms with Crippen LogP contribution in [0.5, 0.6) is 17.2 Å². The van der Waals surface area contributed by atoms with Crippen molar-refractivity contribution in [1.29, 1.82) is 0 Å². The van der Waals surface area contributed by atoms with Crippen LogP contribution in [0.15, 0.2) is 42.5 Å². The molecule has 0 saturated carbocycles. The summed E-state index contributed by atoms with van der Waals surface area (Å²) in [7, 11) is 1.60. The Morgan fingerprint density at radius 3 is 2.28 bits per heavy atom. The third kappa shape index (κ3) is 5.71. The molecule has 0 radical (unpaired) electrons.